The summed E-state index contributed by atoms with van der Waals surface area (Å²) in [5.41, 5.74) is 9.42. The minimum Gasteiger partial charge on any atom is -0.383 e. The SMILES string of the molecule is Cc1ccc(-n2nc3c(c2N)CN(CC(C)C)CC3)nn1.Cl. The van der Waals surface area contributed by atoms with E-state index in [1.165, 1.54) is 0 Å². The lowest BCUT2D eigenvalue weighted by atomic mass is 10.1. The highest BCUT2D eigenvalue weighted by molar-refractivity contribution is 5.85. The van der Waals surface area contributed by atoms with Gasteiger partial charge in [0.2, 0.25) is 0 Å². The zero-order chi connectivity index (χ0) is 15.0. The molecule has 6 nitrogen and oxygen atoms in total. The number of aryl methyl sites for hydroxylation is 1. The van der Waals surface area contributed by atoms with Crippen molar-refractivity contribution in [2.75, 3.05) is 18.8 Å². The summed E-state index contributed by atoms with van der Waals surface area (Å²) in [7, 11) is 0. The molecular weight excluding hydrogens is 300 g/mol. The molecule has 0 aromatic carbocycles. The predicted octanol–water partition coefficient (Wildman–Crippen LogP) is 1.99. The molecule has 0 amide bonds. The Morgan fingerprint density at radius 3 is 2.68 bits per heavy atom. The lowest BCUT2D eigenvalue weighted by molar-refractivity contribution is 0.226. The van der Waals surface area contributed by atoms with E-state index in [0.29, 0.717) is 17.6 Å². The first-order valence-corrected chi connectivity index (χ1v) is 7.44. The molecule has 0 fully saturated rings. The third-order valence-corrected chi connectivity index (χ3v) is 3.78. The van der Waals surface area contributed by atoms with Gasteiger partial charge in [0.1, 0.15) is 5.82 Å². The Bertz CT molecular complexity index is 634. The zero-order valence-corrected chi connectivity index (χ0v) is 14.1. The molecule has 120 valence electrons. The van der Waals surface area contributed by atoms with E-state index in [1.807, 2.05) is 19.1 Å². The molecule has 0 spiro atoms. The topological polar surface area (TPSA) is 72.9 Å². The molecule has 0 saturated heterocycles. The van der Waals surface area contributed by atoms with Crippen LogP contribution in [0.15, 0.2) is 12.1 Å². The van der Waals surface area contributed by atoms with Crippen LogP contribution < -0.4 is 5.73 Å². The Labute approximate surface area is 137 Å². The number of nitrogen functional groups attached to an aromatic ring is 1. The standard InChI is InChI=1S/C15H22N6.ClH/c1-10(2)8-20-7-6-13-12(9-20)15(16)21(19-13)14-5-4-11(3)17-18-14;/h4-5,10H,6-9,16H2,1-3H3;1H. The first-order chi connectivity index (χ1) is 10.0. The fraction of sp³-hybridized carbons (Fsp3) is 0.533. The van der Waals surface area contributed by atoms with Crippen LogP contribution in [0.5, 0.6) is 0 Å². The van der Waals surface area contributed by atoms with Crippen molar-refractivity contribution in [3.05, 3.63) is 29.1 Å². The summed E-state index contributed by atoms with van der Waals surface area (Å²) in [4.78, 5) is 2.44. The van der Waals surface area contributed by atoms with Crippen molar-refractivity contribution in [1.29, 1.82) is 0 Å². The molecule has 2 N–H and O–H groups in total. The summed E-state index contributed by atoms with van der Waals surface area (Å²) < 4.78 is 1.72. The molecule has 22 heavy (non-hydrogen) atoms. The summed E-state index contributed by atoms with van der Waals surface area (Å²) in [5, 5.41) is 12.9. The molecule has 0 saturated carbocycles. The molecule has 0 aliphatic carbocycles. The monoisotopic (exact) mass is 322 g/mol. The lowest BCUT2D eigenvalue weighted by Crippen LogP contribution is -2.33. The normalized spacial score (nSPS) is 14.7. The molecule has 7 heteroatoms. The van der Waals surface area contributed by atoms with Crippen LogP contribution in [0, 0.1) is 12.8 Å². The number of aromatic nitrogens is 4. The number of rotatable bonds is 3. The van der Waals surface area contributed by atoms with Crippen molar-refractivity contribution < 1.29 is 0 Å². The Kier molecular flexibility index (Phi) is 5.03. The first kappa shape index (κ1) is 16.7. The molecule has 3 rings (SSSR count). The van der Waals surface area contributed by atoms with Gasteiger partial charge >= 0.3 is 0 Å². The van der Waals surface area contributed by atoms with E-state index < -0.39 is 0 Å². The maximum atomic E-state index is 6.29. The van der Waals surface area contributed by atoms with Crippen molar-refractivity contribution in [1.82, 2.24) is 24.9 Å². The van der Waals surface area contributed by atoms with Crippen LogP contribution in [-0.4, -0.2) is 38.0 Å². The van der Waals surface area contributed by atoms with Crippen molar-refractivity contribution in [3.8, 4) is 5.82 Å². The predicted molar refractivity (Wildman–Crippen MR) is 89.4 cm³/mol. The van der Waals surface area contributed by atoms with Gasteiger partial charge in [0.05, 0.1) is 11.4 Å². The van der Waals surface area contributed by atoms with Crippen LogP contribution in [-0.2, 0) is 13.0 Å². The van der Waals surface area contributed by atoms with Gasteiger partial charge < -0.3 is 5.73 Å². The Hall–Kier alpha value is -1.66. The van der Waals surface area contributed by atoms with E-state index >= 15 is 0 Å². The highest BCUT2D eigenvalue weighted by Crippen LogP contribution is 2.26. The molecule has 0 unspecified atom stereocenters. The maximum Gasteiger partial charge on any atom is 0.178 e. The summed E-state index contributed by atoms with van der Waals surface area (Å²) in [6, 6.07) is 3.83. The van der Waals surface area contributed by atoms with Crippen LogP contribution >= 0.6 is 12.4 Å². The maximum absolute atomic E-state index is 6.29. The van der Waals surface area contributed by atoms with E-state index in [4.69, 9.17) is 5.73 Å². The van der Waals surface area contributed by atoms with E-state index in [9.17, 15) is 0 Å². The van der Waals surface area contributed by atoms with Gasteiger partial charge in [0.15, 0.2) is 5.82 Å². The molecule has 0 radical (unpaired) electrons. The van der Waals surface area contributed by atoms with Gasteiger partial charge in [-0.2, -0.15) is 14.9 Å². The quantitative estimate of drug-likeness (QED) is 0.935. The zero-order valence-electron chi connectivity index (χ0n) is 13.3. The molecule has 0 bridgehead atoms. The van der Waals surface area contributed by atoms with E-state index in [1.54, 1.807) is 4.68 Å². The average molecular weight is 323 g/mol. The second kappa shape index (κ2) is 6.62. The summed E-state index contributed by atoms with van der Waals surface area (Å²) in [5.74, 6) is 2.03. The van der Waals surface area contributed by atoms with Gasteiger partial charge in [-0.05, 0) is 25.0 Å². The molecule has 2 aromatic heterocycles. The van der Waals surface area contributed by atoms with Crippen molar-refractivity contribution in [2.24, 2.45) is 5.92 Å². The van der Waals surface area contributed by atoms with Crippen LogP contribution in [0.1, 0.15) is 30.8 Å². The molecule has 1 aliphatic rings. The number of fused-ring (bicyclic) bond motifs is 1. The first-order valence-electron chi connectivity index (χ1n) is 7.44. The fourth-order valence-electron chi connectivity index (χ4n) is 2.80. The third-order valence-electron chi connectivity index (χ3n) is 3.78. The van der Waals surface area contributed by atoms with E-state index in [0.717, 1.165) is 43.0 Å². The highest BCUT2D eigenvalue weighted by atomic mass is 35.5. The van der Waals surface area contributed by atoms with Gasteiger partial charge in [-0.3, -0.25) is 4.90 Å². The molecule has 2 aromatic rings. The van der Waals surface area contributed by atoms with Gasteiger partial charge in [0.25, 0.3) is 0 Å². The average Bonchev–Trinajstić information content (AvgIpc) is 2.76. The Morgan fingerprint density at radius 1 is 1.27 bits per heavy atom. The number of nitrogens with zero attached hydrogens (tertiary/aromatic N) is 5. The van der Waals surface area contributed by atoms with Gasteiger partial charge in [0, 0.05) is 31.6 Å². The molecular formula is C15H23ClN6. The lowest BCUT2D eigenvalue weighted by Gasteiger charge is -2.27. The van der Waals surface area contributed by atoms with E-state index in [2.05, 4.69) is 34.0 Å². The number of hydrogen-bond donors (Lipinski definition) is 1. The number of hydrogen-bond acceptors (Lipinski definition) is 5. The van der Waals surface area contributed by atoms with E-state index in [-0.39, 0.29) is 12.4 Å². The van der Waals surface area contributed by atoms with Crippen molar-refractivity contribution in [2.45, 2.75) is 33.7 Å². The van der Waals surface area contributed by atoms with Gasteiger partial charge in [-0.15, -0.1) is 17.5 Å². The van der Waals surface area contributed by atoms with Crippen molar-refractivity contribution in [3.63, 3.8) is 0 Å². The Morgan fingerprint density at radius 2 is 2.05 bits per heavy atom. The number of halogens is 1. The summed E-state index contributed by atoms with van der Waals surface area (Å²) in [6.07, 6.45) is 0.943. The number of nitrogens with two attached hydrogens (primary N) is 1. The largest absolute Gasteiger partial charge is 0.383 e. The molecule has 1 aliphatic heterocycles. The fourth-order valence-corrected chi connectivity index (χ4v) is 2.80. The van der Waals surface area contributed by atoms with Crippen LogP contribution in [0.4, 0.5) is 5.82 Å². The minimum absolute atomic E-state index is 0. The van der Waals surface area contributed by atoms with Gasteiger partial charge in [-0.1, -0.05) is 13.8 Å². The minimum atomic E-state index is 0. The third kappa shape index (κ3) is 3.23. The van der Waals surface area contributed by atoms with Crippen LogP contribution in [0.25, 0.3) is 5.82 Å². The summed E-state index contributed by atoms with van der Waals surface area (Å²) in [6.45, 7) is 9.40. The molecule has 3 heterocycles. The summed E-state index contributed by atoms with van der Waals surface area (Å²) >= 11 is 0. The van der Waals surface area contributed by atoms with Crippen LogP contribution in [0.3, 0.4) is 0 Å². The van der Waals surface area contributed by atoms with Crippen LogP contribution in [0.2, 0.25) is 0 Å². The second-order valence-electron chi connectivity index (χ2n) is 6.13. The van der Waals surface area contributed by atoms with Gasteiger partial charge in [-0.25, -0.2) is 0 Å². The second-order valence-corrected chi connectivity index (χ2v) is 6.13. The van der Waals surface area contributed by atoms with Crippen molar-refractivity contribution >= 4 is 18.2 Å². The number of anilines is 1. The highest BCUT2D eigenvalue weighted by Gasteiger charge is 2.24. The Balaban J connectivity index is 0.00000176. The molecule has 0 atom stereocenters. The smallest absolute Gasteiger partial charge is 0.178 e.